The van der Waals surface area contributed by atoms with Gasteiger partial charge in [0, 0.05) is 148 Å². The van der Waals surface area contributed by atoms with Crippen LogP contribution in [0.5, 0.6) is 23.0 Å². The highest BCUT2D eigenvalue weighted by Crippen LogP contribution is 2.39. The number of aromatic hydroxyl groups is 1. The lowest BCUT2D eigenvalue weighted by Crippen LogP contribution is -2.62. The molecule has 0 spiro atoms. The first-order valence-electron chi connectivity index (χ1n) is 39.1. The van der Waals surface area contributed by atoms with Gasteiger partial charge in [-0.25, -0.2) is 29.9 Å². The fraction of sp³-hybridized carbons (Fsp3) is 0.506. The summed E-state index contributed by atoms with van der Waals surface area (Å²) in [6.45, 7) is 36.1. The predicted octanol–water partition coefficient (Wildman–Crippen LogP) is 15.2. The summed E-state index contributed by atoms with van der Waals surface area (Å²) < 4.78 is 21.6. The number of nitrogens with one attached hydrogen (secondary N) is 5. The normalized spacial score (nSPS) is 18.3. The van der Waals surface area contributed by atoms with Crippen LogP contribution < -0.4 is 55.5 Å². The molecule has 10 aromatic rings. The van der Waals surface area contributed by atoms with E-state index in [2.05, 4.69) is 283 Å². The second-order valence-electron chi connectivity index (χ2n) is 35.7. The number of anilines is 3. The Labute approximate surface area is 706 Å². The molecule has 10 aromatic heterocycles. The van der Waals surface area contributed by atoms with Crippen molar-refractivity contribution >= 4 is 60.9 Å². The molecule has 622 valence electrons. The van der Waals surface area contributed by atoms with E-state index in [1.807, 2.05) is 65.4 Å². The van der Waals surface area contributed by atoms with Crippen molar-refractivity contribution in [3.05, 3.63) is 149 Å². The van der Waals surface area contributed by atoms with E-state index in [1.165, 1.54) is 12.8 Å². The van der Waals surface area contributed by atoms with E-state index in [9.17, 15) is 5.11 Å². The van der Waals surface area contributed by atoms with Crippen molar-refractivity contribution in [1.82, 2.24) is 106 Å². The zero-order chi connectivity index (χ0) is 84.5. The largest absolute Gasteiger partial charge is 0.506 e. The van der Waals surface area contributed by atoms with Crippen LogP contribution in [0.1, 0.15) is 162 Å². The number of imidazole rings is 2. The number of rotatable bonds is 16. The van der Waals surface area contributed by atoms with Gasteiger partial charge in [0.05, 0.1) is 57.8 Å². The highest BCUT2D eigenvalue weighted by atomic mass is 79.9. The topological polar surface area (TPSA) is 308 Å². The lowest BCUT2D eigenvalue weighted by molar-refractivity contribution is 0.150. The summed E-state index contributed by atoms with van der Waals surface area (Å²) in [5.74, 6) is 4.53. The van der Waals surface area contributed by atoms with Gasteiger partial charge in [-0.2, -0.15) is 0 Å². The van der Waals surface area contributed by atoms with Gasteiger partial charge in [0.25, 0.3) is 0 Å². The first kappa shape index (κ1) is 89.3. The summed E-state index contributed by atoms with van der Waals surface area (Å²) in [4.78, 5) is 32.4. The average molecular weight is 1730 g/mol. The van der Waals surface area contributed by atoms with Crippen LogP contribution in [0.25, 0.3) is 56.9 Å². The molecule has 4 fully saturated rings. The second kappa shape index (κ2) is 36.9. The number of aromatic nitrogens is 16. The fourth-order valence-electron chi connectivity index (χ4n) is 17.1. The zero-order valence-corrected chi connectivity index (χ0v) is 75.4. The highest BCUT2D eigenvalue weighted by molar-refractivity contribution is 9.10. The minimum atomic E-state index is 0.0541. The molecule has 0 bridgehead atoms. The third kappa shape index (κ3) is 24.1. The molecule has 4 aliphatic heterocycles. The molecule has 14 rings (SSSR count). The van der Waals surface area contributed by atoms with Gasteiger partial charge in [-0.15, -0.1) is 40.8 Å². The van der Waals surface area contributed by atoms with Crippen LogP contribution in [0, 0.1) is 0 Å². The molecule has 0 saturated carbocycles. The molecule has 116 heavy (non-hydrogen) atoms. The van der Waals surface area contributed by atoms with Gasteiger partial charge in [-0.05, 0) is 262 Å². The summed E-state index contributed by atoms with van der Waals surface area (Å²) in [7, 11) is 13.2. The van der Waals surface area contributed by atoms with E-state index in [0.29, 0.717) is 92.1 Å². The smallest absolute Gasteiger partial charge is 0.151 e. The van der Waals surface area contributed by atoms with E-state index in [4.69, 9.17) is 25.8 Å². The molecule has 0 aromatic carbocycles. The highest BCUT2D eigenvalue weighted by Gasteiger charge is 2.43. The number of methoxy groups -OCH3 is 3. The predicted molar refractivity (Wildman–Crippen MR) is 469 cm³/mol. The Morgan fingerprint density at radius 2 is 0.716 bits per heavy atom. The summed E-state index contributed by atoms with van der Waals surface area (Å²) in [6.07, 6.45) is 26.0. The van der Waals surface area contributed by atoms with Crippen LogP contribution >= 0.6 is 43.5 Å². The monoisotopic (exact) mass is 1730 g/mol. The SMILES string of the molecule is CN(c1ccc(-c2ncc(-n3ccnc3)cc2O)nn1)C1CC(C)(C)NC(C)(C)C1.CNC1CC(C)(C)NC(C)(C)C1.COc1cc(-n2ccnc2)cnc1-c1ccc(N(C)C2CC(C)(C)NC(C)(C)C2)nn1.COc1cc(Br)cnc1-c1ccc(Cl)nn1.COc1cc(Br)cnc1-c1ccc(N(C)C2CC(C)(C)NC(C)(C)C2)nn1. The Bertz CT molecular complexity index is 4780. The Morgan fingerprint density at radius 1 is 0.414 bits per heavy atom. The van der Waals surface area contributed by atoms with Crippen LogP contribution in [0.15, 0.2) is 144 Å². The number of piperidine rings is 4. The molecule has 4 aliphatic rings. The molecule has 0 radical (unpaired) electrons. The standard InChI is InChI=1S/C23H31N7O.C22H29N7O.C20H28BrN5O.C10H7BrClN3O.C10H22N2/c1-22(2)12-17(13-23(3,4)28-22)29(5)20-8-7-18(26-27-20)21-19(31-6)11-16(14-25-21)30-10-9-24-15-30;1-21(2)11-16(12-22(3,4)27-21)28(5)19-7-6-17(25-26-19)20-18(30)10-15(13-24-20)29-9-8-23-14-29;1-19(2)10-14(11-20(3,4)25-19)26(5)17-8-7-15(23-24-17)18-16(27-6)9-13(21)12-22-18;1-16-8-4-6(11)5-13-10(8)7-2-3-9(12)15-14-7;1-9(2)6-8(11-5)7-10(3,4)12-9/h7-11,14-15,17,28H,12-13H2,1-6H3;6-10,13-14,16,27,30H,11-12H2,1-5H3;7-9,12,14,25H,10-11H2,1-6H3;2-5H,1H3;8,11-12H,6-7H2,1-5H3. The Hall–Kier alpha value is -9.01. The van der Waals surface area contributed by atoms with Gasteiger partial charge < -0.3 is 69.7 Å². The van der Waals surface area contributed by atoms with Crippen LogP contribution in [-0.2, 0) is 0 Å². The van der Waals surface area contributed by atoms with Crippen molar-refractivity contribution in [3.63, 3.8) is 0 Å². The Balaban J connectivity index is 0.000000159. The van der Waals surface area contributed by atoms with Crippen molar-refractivity contribution < 1.29 is 19.3 Å². The summed E-state index contributed by atoms with van der Waals surface area (Å²) in [5.41, 5.74) is 7.50. The third-order valence-corrected chi connectivity index (χ3v) is 22.0. The van der Waals surface area contributed by atoms with Gasteiger partial charge in [-0.1, -0.05) is 11.6 Å². The van der Waals surface area contributed by atoms with Gasteiger partial charge >= 0.3 is 0 Å². The third-order valence-electron chi connectivity index (χ3n) is 21.0. The first-order chi connectivity index (χ1) is 54.5. The van der Waals surface area contributed by atoms with E-state index in [0.717, 1.165) is 76.3 Å². The van der Waals surface area contributed by atoms with Gasteiger partial charge in [0.1, 0.15) is 68.5 Å². The summed E-state index contributed by atoms with van der Waals surface area (Å²) >= 11 is 12.4. The Kier molecular flexibility index (Phi) is 28.4. The number of pyridine rings is 4. The second-order valence-corrected chi connectivity index (χ2v) is 37.9. The molecule has 31 heteroatoms. The number of hydrogen-bond acceptors (Lipinski definition) is 26. The van der Waals surface area contributed by atoms with Crippen molar-refractivity contribution in [2.45, 2.75) is 231 Å². The lowest BCUT2D eigenvalue weighted by atomic mass is 9.79. The number of ether oxygens (including phenoxy) is 3. The Morgan fingerprint density at radius 3 is 1.01 bits per heavy atom. The average Bonchev–Trinajstić information content (AvgIpc) is 1.04. The van der Waals surface area contributed by atoms with Gasteiger partial charge in [0.2, 0.25) is 0 Å². The minimum absolute atomic E-state index is 0.0541. The number of hydrogen-bond donors (Lipinski definition) is 6. The van der Waals surface area contributed by atoms with Crippen molar-refractivity contribution in [1.29, 1.82) is 0 Å². The fourth-order valence-corrected chi connectivity index (χ4v) is 17.9. The summed E-state index contributed by atoms with van der Waals surface area (Å²) in [6, 6.07) is 24.2. The molecule has 14 heterocycles. The van der Waals surface area contributed by atoms with E-state index in [1.54, 1.807) is 100 Å². The van der Waals surface area contributed by atoms with Crippen LogP contribution in [-0.4, -0.2) is 203 Å². The maximum atomic E-state index is 10.5. The maximum Gasteiger partial charge on any atom is 0.151 e. The molecule has 0 aliphatic carbocycles. The minimum Gasteiger partial charge on any atom is -0.506 e. The number of halogens is 3. The quantitative estimate of drug-likeness (QED) is 0.0523. The van der Waals surface area contributed by atoms with Crippen LogP contribution in [0.3, 0.4) is 0 Å². The van der Waals surface area contributed by atoms with Crippen LogP contribution in [0.2, 0.25) is 5.15 Å². The molecule has 28 nitrogen and oxygen atoms in total. The molecular formula is C85H117Br2ClN24O4. The first-order valence-corrected chi connectivity index (χ1v) is 41.1. The number of nitrogens with zero attached hydrogens (tertiary/aromatic N) is 19. The van der Waals surface area contributed by atoms with E-state index >= 15 is 0 Å². The molecule has 0 amide bonds. The molecule has 4 saturated heterocycles. The molecular weight excluding hydrogens is 1620 g/mol. The molecule has 0 atom stereocenters. The van der Waals surface area contributed by atoms with Crippen molar-refractivity contribution in [2.75, 3.05) is 64.2 Å². The van der Waals surface area contributed by atoms with Crippen molar-refractivity contribution in [3.8, 4) is 79.9 Å². The zero-order valence-electron chi connectivity index (χ0n) is 71.5. The van der Waals surface area contributed by atoms with E-state index in [-0.39, 0.29) is 50.1 Å². The molecule has 6 N–H and O–H groups in total. The maximum absolute atomic E-state index is 10.5. The van der Waals surface area contributed by atoms with Crippen LogP contribution in [0.4, 0.5) is 17.5 Å². The molecule has 0 unspecified atom stereocenters. The van der Waals surface area contributed by atoms with E-state index < -0.39 is 0 Å². The van der Waals surface area contributed by atoms with Gasteiger partial charge in [0.15, 0.2) is 22.6 Å². The summed E-state index contributed by atoms with van der Waals surface area (Å²) in [5, 5.41) is 63.4. The lowest BCUT2D eigenvalue weighted by Gasteiger charge is -2.49. The van der Waals surface area contributed by atoms with Gasteiger partial charge in [-0.3, -0.25) is 0 Å². The van der Waals surface area contributed by atoms with Crippen molar-refractivity contribution in [2.24, 2.45) is 0 Å².